The minimum Gasteiger partial charge on any atom is -0.482 e. The van der Waals surface area contributed by atoms with Crippen molar-refractivity contribution in [2.45, 2.75) is 19.4 Å². The van der Waals surface area contributed by atoms with Gasteiger partial charge in [0.1, 0.15) is 12.3 Å². The Kier molecular flexibility index (Phi) is 6.59. The second-order valence-corrected chi connectivity index (χ2v) is 9.38. The van der Waals surface area contributed by atoms with Crippen LogP contribution in [0.15, 0.2) is 84.2 Å². The predicted molar refractivity (Wildman–Crippen MR) is 138 cm³/mol. The summed E-state index contributed by atoms with van der Waals surface area (Å²) in [5.41, 5.74) is 4.51. The van der Waals surface area contributed by atoms with E-state index in [4.69, 9.17) is 9.72 Å². The third-order valence-corrected chi connectivity index (χ3v) is 6.78. The van der Waals surface area contributed by atoms with Gasteiger partial charge in [-0.2, -0.15) is 0 Å². The van der Waals surface area contributed by atoms with Crippen molar-refractivity contribution in [3.05, 3.63) is 100 Å². The Morgan fingerprint density at radius 3 is 2.60 bits per heavy atom. The maximum absolute atomic E-state index is 12.8. The molecule has 0 saturated heterocycles. The molecule has 1 unspecified atom stereocenters. The van der Waals surface area contributed by atoms with E-state index in [1.165, 1.54) is 10.5 Å². The van der Waals surface area contributed by atoms with E-state index in [9.17, 15) is 9.59 Å². The molecule has 7 heteroatoms. The van der Waals surface area contributed by atoms with Gasteiger partial charge >= 0.3 is 0 Å². The lowest BCUT2D eigenvalue weighted by molar-refractivity contribution is -0.125. The van der Waals surface area contributed by atoms with Gasteiger partial charge in [0, 0.05) is 17.4 Å². The molecule has 176 valence electrons. The number of carbonyl (C=O) groups is 2. The number of hydrogen-bond donors (Lipinski definition) is 1. The van der Waals surface area contributed by atoms with E-state index in [-0.39, 0.29) is 31.0 Å². The van der Waals surface area contributed by atoms with Crippen LogP contribution in [0.2, 0.25) is 0 Å². The molecule has 0 aliphatic carbocycles. The lowest BCUT2D eigenvalue weighted by Gasteiger charge is -2.29. The van der Waals surface area contributed by atoms with Crippen molar-refractivity contribution in [3.63, 3.8) is 0 Å². The van der Waals surface area contributed by atoms with Crippen molar-refractivity contribution in [2.24, 2.45) is 0 Å². The van der Waals surface area contributed by atoms with Gasteiger partial charge < -0.3 is 10.1 Å². The summed E-state index contributed by atoms with van der Waals surface area (Å²) in [6.45, 7) is 1.76. The molecular weight excluding hydrogens is 458 g/mol. The van der Waals surface area contributed by atoms with Gasteiger partial charge in [-0.15, -0.1) is 11.3 Å². The van der Waals surface area contributed by atoms with Crippen LogP contribution in [0.1, 0.15) is 29.1 Å². The standard InChI is InChI=1S/C28H25N3O3S/c1-19(21-10-6-3-7-11-21)29-26(32)16-31-24-15-22(12-13-25(24)34-17-28(31)33)23-18-35-27(30-23)14-20-8-4-2-5-9-20/h2-13,15,18-19H,14,16-17H2,1H3,(H,29,32). The fraction of sp³-hybridized carbons (Fsp3) is 0.179. The number of rotatable bonds is 7. The molecule has 1 N–H and O–H groups in total. The van der Waals surface area contributed by atoms with Crippen molar-refractivity contribution < 1.29 is 14.3 Å². The summed E-state index contributed by atoms with van der Waals surface area (Å²) in [5.74, 6) is 0.101. The van der Waals surface area contributed by atoms with Gasteiger partial charge in [0.25, 0.3) is 5.91 Å². The molecule has 2 heterocycles. The molecule has 35 heavy (non-hydrogen) atoms. The van der Waals surface area contributed by atoms with Crippen molar-refractivity contribution in [1.29, 1.82) is 0 Å². The maximum atomic E-state index is 12.8. The van der Waals surface area contributed by atoms with Crippen LogP contribution in [-0.2, 0) is 16.0 Å². The first-order valence-electron chi connectivity index (χ1n) is 11.5. The number of fused-ring (bicyclic) bond motifs is 1. The van der Waals surface area contributed by atoms with Crippen LogP contribution in [0.3, 0.4) is 0 Å². The third kappa shape index (κ3) is 5.25. The van der Waals surface area contributed by atoms with Crippen LogP contribution in [0.5, 0.6) is 5.75 Å². The topological polar surface area (TPSA) is 71.5 Å². The fourth-order valence-corrected chi connectivity index (χ4v) is 4.92. The van der Waals surface area contributed by atoms with Gasteiger partial charge in [-0.25, -0.2) is 4.98 Å². The van der Waals surface area contributed by atoms with Crippen LogP contribution < -0.4 is 15.0 Å². The van der Waals surface area contributed by atoms with Crippen molar-refractivity contribution in [1.82, 2.24) is 10.3 Å². The number of benzene rings is 3. The molecule has 0 radical (unpaired) electrons. The Balaban J connectivity index is 1.34. The van der Waals surface area contributed by atoms with Gasteiger partial charge in [-0.1, -0.05) is 60.7 Å². The highest BCUT2D eigenvalue weighted by molar-refractivity contribution is 7.10. The van der Waals surface area contributed by atoms with E-state index in [2.05, 4.69) is 17.4 Å². The number of thiazole rings is 1. The first-order chi connectivity index (χ1) is 17.1. The van der Waals surface area contributed by atoms with Crippen molar-refractivity contribution in [3.8, 4) is 17.0 Å². The fourth-order valence-electron chi connectivity index (χ4n) is 4.09. The molecule has 5 rings (SSSR count). The normalized spacial score (nSPS) is 13.6. The van der Waals surface area contributed by atoms with Gasteiger partial charge in [0.05, 0.1) is 22.4 Å². The van der Waals surface area contributed by atoms with Crippen LogP contribution in [0.4, 0.5) is 5.69 Å². The molecule has 1 atom stereocenters. The van der Waals surface area contributed by atoms with E-state index < -0.39 is 0 Å². The zero-order chi connectivity index (χ0) is 24.2. The SMILES string of the molecule is CC(NC(=O)CN1C(=O)COc2ccc(-c3csc(Cc4ccccc4)n3)cc21)c1ccccc1. The minimum absolute atomic E-state index is 0.0772. The average Bonchev–Trinajstić information content (AvgIpc) is 3.35. The van der Waals surface area contributed by atoms with Crippen molar-refractivity contribution in [2.75, 3.05) is 18.1 Å². The number of hydrogen-bond acceptors (Lipinski definition) is 5. The molecule has 0 fully saturated rings. The van der Waals surface area contributed by atoms with E-state index in [1.807, 2.05) is 79.0 Å². The van der Waals surface area contributed by atoms with Crippen LogP contribution >= 0.6 is 11.3 Å². The van der Waals surface area contributed by atoms with Crippen LogP contribution in [-0.4, -0.2) is 29.9 Å². The molecule has 6 nitrogen and oxygen atoms in total. The number of ether oxygens (including phenoxy) is 1. The van der Waals surface area contributed by atoms with Crippen molar-refractivity contribution >= 4 is 28.8 Å². The summed E-state index contributed by atoms with van der Waals surface area (Å²) in [4.78, 5) is 31.8. The molecule has 1 aliphatic rings. The molecule has 3 aromatic carbocycles. The molecule has 4 aromatic rings. The van der Waals surface area contributed by atoms with Gasteiger partial charge in [-0.3, -0.25) is 14.5 Å². The minimum atomic E-state index is -0.250. The number of amides is 2. The van der Waals surface area contributed by atoms with E-state index >= 15 is 0 Å². The predicted octanol–water partition coefficient (Wildman–Crippen LogP) is 5.00. The summed E-state index contributed by atoms with van der Waals surface area (Å²) >= 11 is 1.61. The second-order valence-electron chi connectivity index (χ2n) is 8.44. The maximum Gasteiger partial charge on any atom is 0.265 e. The van der Waals surface area contributed by atoms with Crippen LogP contribution in [0.25, 0.3) is 11.3 Å². The molecule has 1 aromatic heterocycles. The van der Waals surface area contributed by atoms with Crippen LogP contribution in [0, 0.1) is 0 Å². The highest BCUT2D eigenvalue weighted by Gasteiger charge is 2.28. The van der Waals surface area contributed by atoms with E-state index in [0.717, 1.165) is 28.2 Å². The molecule has 1 aliphatic heterocycles. The first kappa shape index (κ1) is 22.8. The Bertz CT molecular complexity index is 1340. The summed E-state index contributed by atoms with van der Waals surface area (Å²) in [5, 5.41) is 6.02. The molecule has 0 spiro atoms. The molecule has 0 saturated carbocycles. The number of nitrogens with one attached hydrogen (secondary N) is 1. The zero-order valence-corrected chi connectivity index (χ0v) is 20.1. The Morgan fingerprint density at radius 1 is 1.09 bits per heavy atom. The highest BCUT2D eigenvalue weighted by Crippen LogP contribution is 2.36. The molecule has 2 amide bonds. The number of aromatic nitrogens is 1. The summed E-state index contributed by atoms with van der Waals surface area (Å²) in [6.07, 6.45) is 0.768. The highest BCUT2D eigenvalue weighted by atomic mass is 32.1. The second kappa shape index (κ2) is 10.1. The summed E-state index contributed by atoms with van der Waals surface area (Å²) < 4.78 is 5.63. The van der Waals surface area contributed by atoms with Gasteiger partial charge in [0.2, 0.25) is 5.91 Å². The lowest BCUT2D eigenvalue weighted by atomic mass is 10.1. The summed E-state index contributed by atoms with van der Waals surface area (Å²) in [7, 11) is 0. The smallest absolute Gasteiger partial charge is 0.265 e. The number of nitrogens with zero attached hydrogens (tertiary/aromatic N) is 2. The Labute approximate surface area is 208 Å². The Hall–Kier alpha value is -3.97. The third-order valence-electron chi connectivity index (χ3n) is 5.93. The largest absolute Gasteiger partial charge is 0.482 e. The Morgan fingerprint density at radius 2 is 1.83 bits per heavy atom. The summed E-state index contributed by atoms with van der Waals surface area (Å²) in [6, 6.07) is 25.4. The number of carbonyl (C=O) groups excluding carboxylic acids is 2. The van der Waals surface area contributed by atoms with E-state index in [1.54, 1.807) is 11.3 Å². The van der Waals surface area contributed by atoms with Gasteiger partial charge in [-0.05, 0) is 36.2 Å². The quantitative estimate of drug-likeness (QED) is 0.401. The van der Waals surface area contributed by atoms with E-state index in [0.29, 0.717) is 11.4 Å². The number of anilines is 1. The zero-order valence-electron chi connectivity index (χ0n) is 19.3. The average molecular weight is 484 g/mol. The lowest BCUT2D eigenvalue weighted by Crippen LogP contribution is -2.45. The monoisotopic (exact) mass is 483 g/mol. The molecule has 0 bridgehead atoms. The molecular formula is C28H25N3O3S. The van der Waals surface area contributed by atoms with Gasteiger partial charge in [0.15, 0.2) is 6.61 Å². The first-order valence-corrected chi connectivity index (χ1v) is 12.3.